The first kappa shape index (κ1) is 33.1. The number of ketones is 2. The molecule has 246 valence electrons. The van der Waals surface area contributed by atoms with Crippen molar-refractivity contribution in [1.82, 2.24) is 5.32 Å². The molecule has 1 aromatic rings. The number of rotatable bonds is 3. The molecule has 0 spiro atoms. The molecule has 0 aromatic heterocycles. The summed E-state index contributed by atoms with van der Waals surface area (Å²) < 4.78 is 0. The molecule has 0 saturated heterocycles. The van der Waals surface area contributed by atoms with Crippen LogP contribution in [0.25, 0.3) is 6.08 Å². The average Bonchev–Trinajstić information content (AvgIpc) is 3.00. The molecule has 0 bridgehead atoms. The fraction of sp³-hybridized carbons (Fsp3) is 0.585. The zero-order chi connectivity index (χ0) is 34.4. The van der Waals surface area contributed by atoms with E-state index in [1.165, 1.54) is 0 Å². The quantitative estimate of drug-likeness (QED) is 0.269. The third kappa shape index (κ3) is 4.73. The minimum atomic E-state index is -0.707. The molecular formula is C41H49N3O3. The van der Waals surface area contributed by atoms with Crippen molar-refractivity contribution in [3.63, 3.8) is 0 Å². The van der Waals surface area contributed by atoms with Crippen molar-refractivity contribution in [2.45, 2.75) is 106 Å². The van der Waals surface area contributed by atoms with Gasteiger partial charge < -0.3 is 5.32 Å². The number of nitrogens with zero attached hydrogens (tertiary/aromatic N) is 2. The van der Waals surface area contributed by atoms with Gasteiger partial charge in [-0.05, 0) is 97.7 Å². The van der Waals surface area contributed by atoms with Crippen molar-refractivity contribution in [1.29, 1.82) is 10.5 Å². The maximum absolute atomic E-state index is 14.8. The van der Waals surface area contributed by atoms with Gasteiger partial charge in [-0.3, -0.25) is 14.4 Å². The number of aryl methyl sites for hydroxylation is 1. The second-order valence-electron chi connectivity index (χ2n) is 17.4. The summed E-state index contributed by atoms with van der Waals surface area (Å²) in [6.45, 7) is 17.2. The summed E-state index contributed by atoms with van der Waals surface area (Å²) in [5.41, 5.74) is 0.656. The molecule has 0 aliphatic heterocycles. The van der Waals surface area contributed by atoms with Crippen LogP contribution in [0, 0.1) is 74.4 Å². The normalized spacial score (nSPS) is 38.6. The minimum Gasteiger partial charge on any atom is -0.346 e. The molecule has 3 fully saturated rings. The van der Waals surface area contributed by atoms with Crippen molar-refractivity contribution >= 4 is 23.5 Å². The van der Waals surface area contributed by atoms with Crippen LogP contribution in [-0.4, -0.2) is 23.0 Å². The number of hydrogen-bond donors (Lipinski definition) is 1. The van der Waals surface area contributed by atoms with E-state index in [2.05, 4.69) is 52.1 Å². The van der Waals surface area contributed by atoms with Crippen LogP contribution in [0.3, 0.4) is 0 Å². The summed E-state index contributed by atoms with van der Waals surface area (Å²) in [5, 5.41) is 23.5. The van der Waals surface area contributed by atoms with Gasteiger partial charge in [-0.1, -0.05) is 89.9 Å². The summed E-state index contributed by atoms with van der Waals surface area (Å²) in [6.07, 6.45) is 11.1. The lowest BCUT2D eigenvalue weighted by molar-refractivity contribution is -0.163. The lowest BCUT2D eigenvalue weighted by Gasteiger charge is -2.69. The van der Waals surface area contributed by atoms with Crippen LogP contribution in [0.15, 0.2) is 53.1 Å². The first-order chi connectivity index (χ1) is 21.9. The SMILES string of the molecule is Cc1ccc(/C=C(\C#N)C(=O)N[C@]23CCC(C)(C)C[C@H]2[C@H]2C(=O)C=C4[C@@]5(C)C=C(C#N)C(=O)C(C)(C)C5CC[C@@]4(C)[C@]2(C)CC3)cc1. The standard InChI is InChI=1S/C41H49N3O3/c1-25-9-11-26(12-10-25)19-27(23-42)35(47)44-41-17-15-36(2,3)22-29(41)33-30(45)20-32-38(6)21-28(24-43)34(46)37(4,5)31(38)13-14-39(32,7)40(33,8)16-18-41/h9-12,19-21,29,31,33H,13-18,22H2,1-8H3,(H,44,47)/b27-19+/t29-,31?,33-,38-,39+,40+,41-/m0/s1. The van der Waals surface area contributed by atoms with Gasteiger partial charge in [0.1, 0.15) is 17.7 Å². The van der Waals surface area contributed by atoms with Crippen molar-refractivity contribution < 1.29 is 14.4 Å². The number of nitrogens with one attached hydrogen (secondary N) is 1. The Morgan fingerprint density at radius 1 is 0.936 bits per heavy atom. The van der Waals surface area contributed by atoms with Gasteiger partial charge >= 0.3 is 0 Å². The molecule has 1 unspecified atom stereocenters. The van der Waals surface area contributed by atoms with Crippen LogP contribution in [-0.2, 0) is 14.4 Å². The van der Waals surface area contributed by atoms with E-state index in [1.54, 1.807) is 6.08 Å². The van der Waals surface area contributed by atoms with Gasteiger partial charge in [0.15, 0.2) is 11.6 Å². The third-order valence-corrected chi connectivity index (χ3v) is 14.0. The lowest BCUT2D eigenvalue weighted by atomic mass is 9.35. The number of amides is 1. The van der Waals surface area contributed by atoms with Crippen molar-refractivity contribution in [3.8, 4) is 12.1 Å². The Bertz CT molecular complexity index is 1750. The fourth-order valence-electron chi connectivity index (χ4n) is 11.1. The Morgan fingerprint density at radius 2 is 1.60 bits per heavy atom. The lowest BCUT2D eigenvalue weighted by Crippen LogP contribution is -2.69. The highest BCUT2D eigenvalue weighted by molar-refractivity contribution is 6.05. The molecule has 1 N–H and O–H groups in total. The first-order valence-corrected chi connectivity index (χ1v) is 17.3. The van der Waals surface area contributed by atoms with E-state index in [1.807, 2.05) is 57.2 Å². The Hall–Kier alpha value is -3.77. The summed E-state index contributed by atoms with van der Waals surface area (Å²) in [5.74, 6) is -0.769. The number of benzene rings is 1. The van der Waals surface area contributed by atoms with Crippen molar-refractivity contribution in [2.75, 3.05) is 0 Å². The van der Waals surface area contributed by atoms with E-state index in [-0.39, 0.29) is 62.6 Å². The van der Waals surface area contributed by atoms with E-state index in [4.69, 9.17) is 0 Å². The number of Topliss-reactive ketones (excluding diaryl/α,β-unsaturated/α-hetero) is 1. The monoisotopic (exact) mass is 631 g/mol. The van der Waals surface area contributed by atoms with Gasteiger partial charge in [0.2, 0.25) is 0 Å². The average molecular weight is 632 g/mol. The third-order valence-electron chi connectivity index (χ3n) is 14.0. The molecule has 6 heteroatoms. The molecule has 0 heterocycles. The summed E-state index contributed by atoms with van der Waals surface area (Å²) in [6, 6.07) is 12.1. The van der Waals surface area contributed by atoms with Crippen molar-refractivity contribution in [3.05, 3.63) is 64.3 Å². The van der Waals surface area contributed by atoms with Crippen LogP contribution in [0.4, 0.5) is 0 Å². The molecule has 7 atom stereocenters. The first-order valence-electron chi connectivity index (χ1n) is 17.3. The van der Waals surface area contributed by atoms with Crippen LogP contribution in [0.2, 0.25) is 0 Å². The summed E-state index contributed by atoms with van der Waals surface area (Å²) in [4.78, 5) is 42.1. The predicted octanol–water partition coefficient (Wildman–Crippen LogP) is 7.99. The minimum absolute atomic E-state index is 0.0000531. The van der Waals surface area contributed by atoms with Gasteiger partial charge in [-0.2, -0.15) is 10.5 Å². The van der Waals surface area contributed by atoms with E-state index in [0.29, 0.717) is 0 Å². The highest BCUT2D eigenvalue weighted by Crippen LogP contribution is 2.73. The molecule has 1 amide bonds. The number of carbonyl (C=O) groups is 3. The molecular weight excluding hydrogens is 582 g/mol. The molecule has 5 aliphatic carbocycles. The number of nitriles is 2. The van der Waals surface area contributed by atoms with E-state index < -0.39 is 16.4 Å². The number of fused-ring (bicyclic) bond motifs is 7. The van der Waals surface area contributed by atoms with E-state index in [9.17, 15) is 24.9 Å². The zero-order valence-electron chi connectivity index (χ0n) is 29.3. The van der Waals surface area contributed by atoms with Gasteiger partial charge in [0, 0.05) is 22.3 Å². The van der Waals surface area contributed by atoms with Crippen LogP contribution in [0.5, 0.6) is 0 Å². The maximum atomic E-state index is 14.8. The number of hydrogen-bond acceptors (Lipinski definition) is 5. The van der Waals surface area contributed by atoms with Crippen LogP contribution in [0.1, 0.15) is 105 Å². The summed E-state index contributed by atoms with van der Waals surface area (Å²) in [7, 11) is 0. The predicted molar refractivity (Wildman–Crippen MR) is 182 cm³/mol. The Kier molecular flexibility index (Phi) is 7.49. The van der Waals surface area contributed by atoms with Gasteiger partial charge in [0.25, 0.3) is 5.91 Å². The molecule has 3 saturated carbocycles. The molecule has 1 aromatic carbocycles. The smallest absolute Gasteiger partial charge is 0.262 e. The topological polar surface area (TPSA) is 111 Å². The molecule has 0 radical (unpaired) electrons. The van der Waals surface area contributed by atoms with Crippen LogP contribution >= 0.6 is 0 Å². The largest absolute Gasteiger partial charge is 0.346 e. The molecule has 6 rings (SSSR count). The van der Waals surface area contributed by atoms with Gasteiger partial charge in [-0.15, -0.1) is 0 Å². The highest BCUT2D eigenvalue weighted by Gasteiger charge is 2.70. The van der Waals surface area contributed by atoms with Gasteiger partial charge in [-0.25, -0.2) is 0 Å². The Morgan fingerprint density at radius 3 is 2.23 bits per heavy atom. The van der Waals surface area contributed by atoms with Gasteiger partial charge in [0.05, 0.1) is 5.57 Å². The van der Waals surface area contributed by atoms with Crippen LogP contribution < -0.4 is 5.32 Å². The van der Waals surface area contributed by atoms with Crippen molar-refractivity contribution in [2.24, 2.45) is 44.8 Å². The molecule has 47 heavy (non-hydrogen) atoms. The number of carbonyl (C=O) groups excluding carboxylic acids is 3. The second kappa shape index (κ2) is 10.6. The second-order valence-corrected chi connectivity index (χ2v) is 17.4. The maximum Gasteiger partial charge on any atom is 0.262 e. The number of allylic oxidation sites excluding steroid dienone is 4. The van der Waals surface area contributed by atoms with E-state index in [0.717, 1.165) is 61.6 Å². The zero-order valence-corrected chi connectivity index (χ0v) is 29.3. The van der Waals surface area contributed by atoms with E-state index >= 15 is 0 Å². The summed E-state index contributed by atoms with van der Waals surface area (Å²) >= 11 is 0. The molecule has 6 nitrogen and oxygen atoms in total. The molecule has 5 aliphatic rings. The highest BCUT2D eigenvalue weighted by atomic mass is 16.2. The Labute approximate surface area is 280 Å². The Balaban J connectivity index is 1.43. The fourth-order valence-corrected chi connectivity index (χ4v) is 11.1.